The van der Waals surface area contributed by atoms with E-state index < -0.39 is 11.9 Å². The number of aryl methyl sites for hydroxylation is 1. The number of rotatable bonds is 8. The summed E-state index contributed by atoms with van der Waals surface area (Å²) in [6, 6.07) is 28.0. The van der Waals surface area contributed by atoms with Crippen LogP contribution in [0.25, 0.3) is 11.3 Å². The molecule has 0 spiro atoms. The zero-order valence-corrected chi connectivity index (χ0v) is 19.3. The number of aromatic nitrogens is 1. The van der Waals surface area contributed by atoms with Crippen molar-refractivity contribution in [2.24, 2.45) is 0 Å². The van der Waals surface area contributed by atoms with Crippen LogP contribution in [0.3, 0.4) is 0 Å². The van der Waals surface area contributed by atoms with Gasteiger partial charge in [-0.25, -0.2) is 0 Å². The number of amides is 2. The van der Waals surface area contributed by atoms with Crippen molar-refractivity contribution in [2.45, 2.75) is 25.9 Å². The van der Waals surface area contributed by atoms with Crippen LogP contribution in [0.5, 0.6) is 0 Å². The van der Waals surface area contributed by atoms with E-state index in [2.05, 4.69) is 10.5 Å². The third kappa shape index (κ3) is 5.78. The summed E-state index contributed by atoms with van der Waals surface area (Å²) in [5.41, 5.74) is 4.06. The molecule has 0 aliphatic carbocycles. The van der Waals surface area contributed by atoms with E-state index in [1.165, 1.54) is 0 Å². The van der Waals surface area contributed by atoms with Crippen LogP contribution >= 0.6 is 0 Å². The van der Waals surface area contributed by atoms with Crippen molar-refractivity contribution >= 4 is 11.8 Å². The molecule has 4 aromatic rings. The Morgan fingerprint density at radius 2 is 1.53 bits per heavy atom. The molecule has 172 valence electrons. The number of likely N-dealkylation sites (N-methyl/N-ethyl adjacent to an activating group) is 1. The molecule has 2 amide bonds. The highest BCUT2D eigenvalue weighted by molar-refractivity contribution is 5.96. The van der Waals surface area contributed by atoms with E-state index >= 15 is 0 Å². The van der Waals surface area contributed by atoms with Crippen molar-refractivity contribution in [3.05, 3.63) is 113 Å². The van der Waals surface area contributed by atoms with Gasteiger partial charge in [0, 0.05) is 31.6 Å². The summed E-state index contributed by atoms with van der Waals surface area (Å²) in [4.78, 5) is 28.0. The summed E-state index contributed by atoms with van der Waals surface area (Å²) in [5, 5.41) is 6.80. The van der Waals surface area contributed by atoms with E-state index in [4.69, 9.17) is 4.52 Å². The minimum absolute atomic E-state index is 0.132. The molecule has 0 aliphatic rings. The molecular weight excluding hydrogens is 426 g/mol. The average Bonchev–Trinajstić information content (AvgIpc) is 3.35. The lowest BCUT2D eigenvalue weighted by Gasteiger charge is -2.24. The number of hydrogen-bond acceptors (Lipinski definition) is 4. The Balaban J connectivity index is 1.51. The van der Waals surface area contributed by atoms with Crippen molar-refractivity contribution in [3.63, 3.8) is 0 Å². The molecule has 0 fully saturated rings. The second-order valence-corrected chi connectivity index (χ2v) is 8.34. The summed E-state index contributed by atoms with van der Waals surface area (Å²) >= 11 is 0. The van der Waals surface area contributed by atoms with Gasteiger partial charge in [0.15, 0.2) is 11.5 Å². The minimum atomic E-state index is -0.747. The molecule has 0 saturated heterocycles. The first kappa shape index (κ1) is 23.0. The van der Waals surface area contributed by atoms with E-state index in [0.717, 1.165) is 22.3 Å². The van der Waals surface area contributed by atoms with Gasteiger partial charge in [-0.05, 0) is 18.1 Å². The summed E-state index contributed by atoms with van der Waals surface area (Å²) < 4.78 is 5.39. The lowest BCUT2D eigenvalue weighted by atomic mass is 10.0. The molecule has 1 N–H and O–H groups in total. The number of nitrogens with zero attached hydrogens (tertiary/aromatic N) is 2. The summed E-state index contributed by atoms with van der Waals surface area (Å²) in [6.45, 7) is 2.45. The molecule has 0 aliphatic heterocycles. The number of benzene rings is 3. The van der Waals surface area contributed by atoms with E-state index in [1.807, 2.05) is 91.9 Å². The van der Waals surface area contributed by atoms with Crippen molar-refractivity contribution < 1.29 is 14.1 Å². The summed E-state index contributed by atoms with van der Waals surface area (Å²) in [6.07, 6.45) is 0.368. The van der Waals surface area contributed by atoms with Crippen molar-refractivity contribution in [1.82, 2.24) is 15.4 Å². The first-order valence-electron chi connectivity index (χ1n) is 11.2. The maximum atomic E-state index is 13.3. The van der Waals surface area contributed by atoms with Gasteiger partial charge in [0.25, 0.3) is 5.91 Å². The molecule has 3 aromatic carbocycles. The van der Waals surface area contributed by atoms with Gasteiger partial charge in [-0.1, -0.05) is 95.6 Å². The maximum absolute atomic E-state index is 13.3. The van der Waals surface area contributed by atoms with Gasteiger partial charge in [-0.2, -0.15) is 0 Å². The Labute approximate surface area is 199 Å². The molecule has 6 nitrogen and oxygen atoms in total. The number of nitrogens with one attached hydrogen (secondary N) is 1. The standard InChI is InChI=1S/C28H27N3O3/c1-20-13-15-23(16-14-20)26-18-24(30-34-26)27(32)29-25(17-21-9-5-3-6-10-21)28(33)31(2)19-22-11-7-4-8-12-22/h3-16,18,25H,17,19H2,1-2H3,(H,29,32)/t25-/m1/s1. The van der Waals surface area contributed by atoms with Gasteiger partial charge >= 0.3 is 0 Å². The van der Waals surface area contributed by atoms with Crippen LogP contribution in [0.4, 0.5) is 0 Å². The zero-order valence-electron chi connectivity index (χ0n) is 19.3. The zero-order chi connectivity index (χ0) is 23.9. The van der Waals surface area contributed by atoms with Crippen LogP contribution in [-0.4, -0.2) is 35.0 Å². The molecule has 0 saturated carbocycles. The lowest BCUT2D eigenvalue weighted by molar-refractivity contribution is -0.132. The average molecular weight is 454 g/mol. The van der Waals surface area contributed by atoms with Gasteiger partial charge in [0.05, 0.1) is 0 Å². The van der Waals surface area contributed by atoms with Crippen molar-refractivity contribution in [1.29, 1.82) is 0 Å². The van der Waals surface area contributed by atoms with E-state index in [9.17, 15) is 9.59 Å². The second kappa shape index (κ2) is 10.6. The predicted octanol–water partition coefficient (Wildman–Crippen LogP) is 4.65. The van der Waals surface area contributed by atoms with Crippen molar-refractivity contribution in [3.8, 4) is 11.3 Å². The number of hydrogen-bond donors (Lipinski definition) is 1. The van der Waals surface area contributed by atoms with Crippen LogP contribution in [0.1, 0.15) is 27.2 Å². The van der Waals surface area contributed by atoms with Crippen LogP contribution in [0.2, 0.25) is 0 Å². The van der Waals surface area contributed by atoms with Crippen molar-refractivity contribution in [2.75, 3.05) is 7.05 Å². The molecule has 6 heteroatoms. The van der Waals surface area contributed by atoms with Gasteiger partial charge in [-0.15, -0.1) is 0 Å². The summed E-state index contributed by atoms with van der Waals surface area (Å²) in [5.74, 6) is -0.134. The first-order chi connectivity index (χ1) is 16.5. The molecule has 4 rings (SSSR count). The fourth-order valence-corrected chi connectivity index (χ4v) is 3.72. The number of carbonyl (C=O) groups is 2. The van der Waals surface area contributed by atoms with E-state index in [-0.39, 0.29) is 11.6 Å². The SMILES string of the molecule is Cc1ccc(-c2cc(C(=O)N[C@H](Cc3ccccc3)C(=O)N(C)Cc3ccccc3)no2)cc1. The van der Waals surface area contributed by atoms with Gasteiger partial charge in [0.1, 0.15) is 6.04 Å². The molecule has 34 heavy (non-hydrogen) atoms. The molecule has 1 atom stereocenters. The third-order valence-corrected chi connectivity index (χ3v) is 5.60. The Morgan fingerprint density at radius 1 is 0.912 bits per heavy atom. The Hall–Kier alpha value is -4.19. The first-order valence-corrected chi connectivity index (χ1v) is 11.2. The van der Waals surface area contributed by atoms with E-state index in [1.54, 1.807) is 18.0 Å². The predicted molar refractivity (Wildman–Crippen MR) is 131 cm³/mol. The fraction of sp³-hybridized carbons (Fsp3) is 0.179. The fourth-order valence-electron chi connectivity index (χ4n) is 3.72. The van der Waals surface area contributed by atoms with Gasteiger partial charge in [-0.3, -0.25) is 9.59 Å². The topological polar surface area (TPSA) is 75.4 Å². The van der Waals surface area contributed by atoms with Gasteiger partial charge in [0.2, 0.25) is 5.91 Å². The van der Waals surface area contributed by atoms with E-state index in [0.29, 0.717) is 18.7 Å². The van der Waals surface area contributed by atoms with Gasteiger partial charge < -0.3 is 14.7 Å². The van der Waals surface area contributed by atoms with Crippen LogP contribution in [-0.2, 0) is 17.8 Å². The third-order valence-electron chi connectivity index (χ3n) is 5.60. The summed E-state index contributed by atoms with van der Waals surface area (Å²) in [7, 11) is 1.74. The quantitative estimate of drug-likeness (QED) is 0.421. The molecule has 1 aromatic heterocycles. The molecule has 0 unspecified atom stereocenters. The highest BCUT2D eigenvalue weighted by atomic mass is 16.5. The molecule has 1 heterocycles. The second-order valence-electron chi connectivity index (χ2n) is 8.34. The van der Waals surface area contributed by atoms with Crippen LogP contribution in [0.15, 0.2) is 95.5 Å². The molecular formula is C28H27N3O3. The molecule has 0 bridgehead atoms. The number of carbonyl (C=O) groups excluding carboxylic acids is 2. The smallest absolute Gasteiger partial charge is 0.274 e. The largest absolute Gasteiger partial charge is 0.355 e. The van der Waals surface area contributed by atoms with Crippen LogP contribution in [0, 0.1) is 6.92 Å². The Bertz CT molecular complexity index is 1230. The highest BCUT2D eigenvalue weighted by Gasteiger charge is 2.26. The molecule has 0 radical (unpaired) electrons. The Morgan fingerprint density at radius 3 is 2.18 bits per heavy atom. The van der Waals surface area contributed by atoms with Crippen LogP contribution < -0.4 is 5.32 Å². The highest BCUT2D eigenvalue weighted by Crippen LogP contribution is 2.21. The Kier molecular flexibility index (Phi) is 7.18. The lowest BCUT2D eigenvalue weighted by Crippen LogP contribution is -2.48. The minimum Gasteiger partial charge on any atom is -0.355 e. The normalized spacial score (nSPS) is 11.6. The maximum Gasteiger partial charge on any atom is 0.274 e. The monoisotopic (exact) mass is 453 g/mol.